The SMILES string of the molecule is O.O=C=O.[Fe]. The van der Waals surface area contributed by atoms with Crippen LogP contribution in [0.4, 0.5) is 0 Å². The summed E-state index contributed by atoms with van der Waals surface area (Å²) in [6.07, 6.45) is 0.250. The van der Waals surface area contributed by atoms with Gasteiger partial charge < -0.3 is 5.48 Å². The van der Waals surface area contributed by atoms with E-state index in [2.05, 4.69) is 0 Å². The van der Waals surface area contributed by atoms with Gasteiger partial charge in [-0.3, -0.25) is 0 Å². The topological polar surface area (TPSA) is 65.6 Å². The van der Waals surface area contributed by atoms with Gasteiger partial charge in [-0.2, -0.15) is 9.59 Å². The number of hydrogen-bond donors (Lipinski definition) is 0. The van der Waals surface area contributed by atoms with E-state index < -0.39 is 0 Å². The van der Waals surface area contributed by atoms with Crippen LogP contribution in [-0.2, 0) is 26.7 Å². The third kappa shape index (κ3) is 676. The summed E-state index contributed by atoms with van der Waals surface area (Å²) in [5, 5.41) is 0. The number of hydrogen-bond acceptors (Lipinski definition) is 2. The second kappa shape index (κ2) is 42.7. The van der Waals surface area contributed by atoms with Crippen molar-refractivity contribution < 1.29 is 32.1 Å². The molecule has 4 heteroatoms. The molecule has 0 aliphatic carbocycles. The minimum absolute atomic E-state index is 0. The van der Waals surface area contributed by atoms with Crippen LogP contribution in [-0.4, -0.2) is 11.6 Å². The molecule has 0 heterocycles. The zero-order valence-corrected chi connectivity index (χ0v) is 3.27. The molecule has 0 aliphatic rings. The molecule has 0 atom stereocenters. The minimum atomic E-state index is 0. The summed E-state index contributed by atoms with van der Waals surface area (Å²) in [4.78, 5) is 16.2. The number of rotatable bonds is 0. The molecule has 0 aliphatic heterocycles. The number of carbonyl (C=O) groups excluding carboxylic acids is 2. The van der Waals surface area contributed by atoms with Crippen molar-refractivity contribution in [2.24, 2.45) is 0 Å². The molecule has 0 aromatic carbocycles. The van der Waals surface area contributed by atoms with E-state index in [-0.39, 0.29) is 28.7 Å². The Balaban J connectivity index is -0.0000000200. The zero-order valence-electron chi connectivity index (χ0n) is 2.17. The molecule has 0 unspecified atom stereocenters. The van der Waals surface area contributed by atoms with E-state index >= 15 is 0 Å². The maximum atomic E-state index is 8.12. The van der Waals surface area contributed by atoms with Crippen LogP contribution in [0.5, 0.6) is 0 Å². The van der Waals surface area contributed by atoms with Crippen molar-refractivity contribution in [3.8, 4) is 0 Å². The summed E-state index contributed by atoms with van der Waals surface area (Å²) in [5.41, 5.74) is 0. The molecule has 0 bridgehead atoms. The van der Waals surface area contributed by atoms with Gasteiger partial charge in [0, 0.05) is 17.1 Å². The maximum Gasteiger partial charge on any atom is 0.373 e. The Bertz CT molecular complexity index is 27.9. The summed E-state index contributed by atoms with van der Waals surface area (Å²) in [6, 6.07) is 0. The summed E-state index contributed by atoms with van der Waals surface area (Å²) in [5.74, 6) is 0. The molecule has 0 aromatic rings. The van der Waals surface area contributed by atoms with Crippen LogP contribution < -0.4 is 0 Å². The van der Waals surface area contributed by atoms with Crippen LogP contribution in [0.25, 0.3) is 0 Å². The molecular formula is CH2FeO3. The molecule has 0 fully saturated rings. The van der Waals surface area contributed by atoms with E-state index in [0.29, 0.717) is 0 Å². The van der Waals surface area contributed by atoms with Crippen LogP contribution in [0.3, 0.4) is 0 Å². The van der Waals surface area contributed by atoms with E-state index in [1.54, 1.807) is 0 Å². The first-order valence-corrected chi connectivity index (χ1v) is 0.408. The molecule has 3 nitrogen and oxygen atoms in total. The van der Waals surface area contributed by atoms with Crippen molar-refractivity contribution in [1.82, 2.24) is 0 Å². The van der Waals surface area contributed by atoms with Crippen molar-refractivity contribution in [1.29, 1.82) is 0 Å². The van der Waals surface area contributed by atoms with Gasteiger partial charge in [-0.05, 0) is 0 Å². The molecule has 5 heavy (non-hydrogen) atoms. The molecule has 0 saturated carbocycles. The Morgan fingerprint density at radius 2 is 1.20 bits per heavy atom. The summed E-state index contributed by atoms with van der Waals surface area (Å²) < 4.78 is 0. The standard InChI is InChI=1S/CO2.Fe.H2O/c2-1-3;;/h;;1H2. The van der Waals surface area contributed by atoms with E-state index in [1.165, 1.54) is 0 Å². The Labute approximate surface area is 39.1 Å². The van der Waals surface area contributed by atoms with Gasteiger partial charge in [0.25, 0.3) is 0 Å². The predicted molar refractivity (Wildman–Crippen MR) is 8.62 cm³/mol. The third-order valence-electron chi connectivity index (χ3n) is 0. The van der Waals surface area contributed by atoms with Crippen molar-refractivity contribution >= 4 is 6.15 Å². The average molecular weight is 118 g/mol. The molecule has 32 valence electrons. The van der Waals surface area contributed by atoms with Crippen molar-refractivity contribution in [3.63, 3.8) is 0 Å². The van der Waals surface area contributed by atoms with Gasteiger partial charge in [0.15, 0.2) is 0 Å². The fraction of sp³-hybridized carbons (Fsp3) is 0. The van der Waals surface area contributed by atoms with Crippen LogP contribution >= 0.6 is 0 Å². The van der Waals surface area contributed by atoms with Gasteiger partial charge in [-0.25, -0.2) is 0 Å². The van der Waals surface area contributed by atoms with Crippen LogP contribution in [0.2, 0.25) is 0 Å². The smallest absolute Gasteiger partial charge is 0.373 e. The van der Waals surface area contributed by atoms with Gasteiger partial charge in [0.05, 0.1) is 0 Å². The maximum absolute atomic E-state index is 8.12. The Kier molecular flexibility index (Phi) is 179. The first kappa shape index (κ1) is 20.9. The largest absolute Gasteiger partial charge is 0.412 e. The summed E-state index contributed by atoms with van der Waals surface area (Å²) in [7, 11) is 0. The zero-order chi connectivity index (χ0) is 2.71. The van der Waals surface area contributed by atoms with Crippen molar-refractivity contribution in [2.75, 3.05) is 0 Å². The molecule has 2 N–H and O–H groups in total. The Morgan fingerprint density at radius 3 is 1.20 bits per heavy atom. The van der Waals surface area contributed by atoms with Crippen LogP contribution in [0, 0.1) is 0 Å². The van der Waals surface area contributed by atoms with Crippen molar-refractivity contribution in [3.05, 3.63) is 0 Å². The van der Waals surface area contributed by atoms with Gasteiger partial charge in [-0.15, -0.1) is 0 Å². The second-order valence-electron chi connectivity index (χ2n) is 0.0833. The van der Waals surface area contributed by atoms with E-state index in [4.69, 9.17) is 9.59 Å². The van der Waals surface area contributed by atoms with Gasteiger partial charge >= 0.3 is 6.15 Å². The molecule has 0 spiro atoms. The molecule has 0 aromatic heterocycles. The predicted octanol–water partition coefficient (Wildman–Crippen LogP) is -1.41. The first-order valence-electron chi connectivity index (χ1n) is 0.408. The minimum Gasteiger partial charge on any atom is -0.412 e. The molecule has 0 amide bonds. The molecular weight excluding hydrogens is 116 g/mol. The van der Waals surface area contributed by atoms with Gasteiger partial charge in [0.2, 0.25) is 0 Å². The average Bonchev–Trinajstić information content (AvgIpc) is 0.918. The van der Waals surface area contributed by atoms with E-state index in [9.17, 15) is 0 Å². The normalized spacial score (nSPS) is 1.60. The Hall–Kier alpha value is -0.141. The fourth-order valence-corrected chi connectivity index (χ4v) is 0. The van der Waals surface area contributed by atoms with Crippen LogP contribution in [0.1, 0.15) is 0 Å². The third-order valence-corrected chi connectivity index (χ3v) is 0. The van der Waals surface area contributed by atoms with E-state index in [1.807, 2.05) is 0 Å². The van der Waals surface area contributed by atoms with Crippen LogP contribution in [0.15, 0.2) is 0 Å². The fourth-order valence-electron chi connectivity index (χ4n) is 0. The first-order chi connectivity index (χ1) is 1.41. The molecule has 0 saturated heterocycles. The molecule has 0 rings (SSSR count). The van der Waals surface area contributed by atoms with E-state index in [0.717, 1.165) is 0 Å². The van der Waals surface area contributed by atoms with Crippen molar-refractivity contribution in [2.45, 2.75) is 0 Å². The van der Waals surface area contributed by atoms with Gasteiger partial charge in [0.1, 0.15) is 0 Å². The quantitative estimate of drug-likeness (QED) is 0.366. The summed E-state index contributed by atoms with van der Waals surface area (Å²) in [6.45, 7) is 0. The summed E-state index contributed by atoms with van der Waals surface area (Å²) >= 11 is 0. The molecule has 0 radical (unpaired) electrons. The second-order valence-corrected chi connectivity index (χ2v) is 0.0833. The van der Waals surface area contributed by atoms with Gasteiger partial charge in [-0.1, -0.05) is 0 Å². The Morgan fingerprint density at radius 1 is 1.20 bits per heavy atom. The monoisotopic (exact) mass is 118 g/mol.